The number of aromatic nitrogens is 2. The molecule has 3 nitrogen and oxygen atoms in total. The van der Waals surface area contributed by atoms with Crippen molar-refractivity contribution in [2.24, 2.45) is 0 Å². The molecular weight excluding hydrogens is 308 g/mol. The fourth-order valence-electron chi connectivity index (χ4n) is 3.49. The summed E-state index contributed by atoms with van der Waals surface area (Å²) in [5.74, 6) is 0.860. The molecule has 0 spiro atoms. The smallest absolute Gasteiger partial charge is 0.137 e. The zero-order chi connectivity index (χ0) is 16.8. The van der Waals surface area contributed by atoms with Crippen LogP contribution in [-0.2, 0) is 0 Å². The molecule has 0 aliphatic heterocycles. The highest BCUT2D eigenvalue weighted by molar-refractivity contribution is 6.12. The van der Waals surface area contributed by atoms with Gasteiger partial charge in [0.15, 0.2) is 0 Å². The molecule has 0 aliphatic carbocycles. The van der Waals surface area contributed by atoms with E-state index in [1.165, 1.54) is 16.3 Å². The van der Waals surface area contributed by atoms with Crippen LogP contribution in [0.5, 0.6) is 5.75 Å². The molecule has 0 saturated carbocycles. The van der Waals surface area contributed by atoms with Crippen molar-refractivity contribution < 1.29 is 4.74 Å². The van der Waals surface area contributed by atoms with E-state index in [9.17, 15) is 0 Å². The summed E-state index contributed by atoms with van der Waals surface area (Å²) in [6.07, 6.45) is 2.08. The molecule has 0 radical (unpaired) electrons. The SMILES string of the molecule is COc1ccc(-c2cc3ccccc3c3nc4ccccn4c23)cc1. The van der Waals surface area contributed by atoms with Gasteiger partial charge in [0.1, 0.15) is 11.4 Å². The van der Waals surface area contributed by atoms with Crippen LogP contribution in [0.1, 0.15) is 0 Å². The van der Waals surface area contributed by atoms with E-state index >= 15 is 0 Å². The summed E-state index contributed by atoms with van der Waals surface area (Å²) in [6, 6.07) is 25.0. The highest BCUT2D eigenvalue weighted by Crippen LogP contribution is 2.35. The first-order valence-corrected chi connectivity index (χ1v) is 8.28. The molecule has 0 unspecified atom stereocenters. The molecule has 25 heavy (non-hydrogen) atoms. The zero-order valence-electron chi connectivity index (χ0n) is 13.8. The van der Waals surface area contributed by atoms with Crippen molar-refractivity contribution in [2.45, 2.75) is 0 Å². The minimum Gasteiger partial charge on any atom is -0.497 e. The number of hydrogen-bond donors (Lipinski definition) is 0. The maximum absolute atomic E-state index is 5.30. The van der Waals surface area contributed by atoms with E-state index in [4.69, 9.17) is 9.72 Å². The summed E-state index contributed by atoms with van der Waals surface area (Å²) in [5.41, 5.74) is 5.47. The first-order chi connectivity index (χ1) is 12.3. The van der Waals surface area contributed by atoms with Gasteiger partial charge in [-0.25, -0.2) is 4.98 Å². The van der Waals surface area contributed by atoms with Crippen molar-refractivity contribution in [3.05, 3.63) is 79.0 Å². The van der Waals surface area contributed by atoms with Gasteiger partial charge in [-0.2, -0.15) is 0 Å². The van der Waals surface area contributed by atoms with E-state index in [1.807, 2.05) is 30.3 Å². The second-order valence-corrected chi connectivity index (χ2v) is 6.11. The Kier molecular flexibility index (Phi) is 3.01. The number of ether oxygens (including phenoxy) is 1. The highest BCUT2D eigenvalue weighted by atomic mass is 16.5. The van der Waals surface area contributed by atoms with E-state index in [0.717, 1.165) is 28.0 Å². The summed E-state index contributed by atoms with van der Waals surface area (Å²) in [5, 5.41) is 2.38. The third-order valence-corrected chi connectivity index (χ3v) is 4.70. The third-order valence-electron chi connectivity index (χ3n) is 4.70. The Morgan fingerprint density at radius 1 is 0.880 bits per heavy atom. The number of methoxy groups -OCH3 is 1. The number of benzene rings is 3. The molecule has 0 saturated heterocycles. The van der Waals surface area contributed by atoms with Crippen LogP contribution in [0, 0.1) is 0 Å². The average Bonchev–Trinajstić information content (AvgIpc) is 3.07. The molecule has 0 bridgehead atoms. The summed E-state index contributed by atoms with van der Waals surface area (Å²) in [7, 11) is 1.69. The Morgan fingerprint density at radius 3 is 2.52 bits per heavy atom. The van der Waals surface area contributed by atoms with Gasteiger partial charge in [-0.15, -0.1) is 0 Å². The molecule has 0 atom stereocenters. The second kappa shape index (κ2) is 5.35. The molecule has 0 fully saturated rings. The van der Waals surface area contributed by atoms with Crippen LogP contribution < -0.4 is 4.74 Å². The monoisotopic (exact) mass is 324 g/mol. The Bertz CT molecular complexity index is 1220. The van der Waals surface area contributed by atoms with E-state index in [-0.39, 0.29) is 0 Å². The van der Waals surface area contributed by atoms with Crippen LogP contribution in [0.2, 0.25) is 0 Å². The number of pyridine rings is 1. The second-order valence-electron chi connectivity index (χ2n) is 6.11. The van der Waals surface area contributed by atoms with E-state index in [2.05, 4.69) is 53.1 Å². The summed E-state index contributed by atoms with van der Waals surface area (Å²) in [6.45, 7) is 0. The minimum atomic E-state index is 0.860. The van der Waals surface area contributed by atoms with Crippen molar-refractivity contribution >= 4 is 27.5 Å². The van der Waals surface area contributed by atoms with Crippen LogP contribution in [-0.4, -0.2) is 16.5 Å². The lowest BCUT2D eigenvalue weighted by Crippen LogP contribution is -1.88. The molecule has 3 heteroatoms. The van der Waals surface area contributed by atoms with Crippen LogP contribution in [0.15, 0.2) is 79.0 Å². The molecule has 5 rings (SSSR count). The zero-order valence-corrected chi connectivity index (χ0v) is 13.8. The number of imidazole rings is 1. The Labute approximate surface area is 145 Å². The van der Waals surface area contributed by atoms with Crippen molar-refractivity contribution in [3.8, 4) is 16.9 Å². The van der Waals surface area contributed by atoms with Crippen LogP contribution >= 0.6 is 0 Å². The average molecular weight is 324 g/mol. The minimum absolute atomic E-state index is 0.860. The first kappa shape index (κ1) is 14.1. The Morgan fingerprint density at radius 2 is 1.68 bits per heavy atom. The molecule has 0 aliphatic rings. The van der Waals surface area contributed by atoms with Gasteiger partial charge in [-0.1, -0.05) is 42.5 Å². The number of rotatable bonds is 2. The molecule has 5 aromatic rings. The van der Waals surface area contributed by atoms with Crippen LogP contribution in [0.25, 0.3) is 38.6 Å². The van der Waals surface area contributed by atoms with Crippen LogP contribution in [0.4, 0.5) is 0 Å². The lowest BCUT2D eigenvalue weighted by Gasteiger charge is -2.09. The van der Waals surface area contributed by atoms with Crippen molar-refractivity contribution in [2.75, 3.05) is 7.11 Å². The third kappa shape index (κ3) is 2.09. The lowest BCUT2D eigenvalue weighted by atomic mass is 9.99. The maximum Gasteiger partial charge on any atom is 0.137 e. The van der Waals surface area contributed by atoms with Crippen molar-refractivity contribution in [3.63, 3.8) is 0 Å². The molecular formula is C22H16N2O. The Hall–Kier alpha value is -3.33. The number of nitrogens with zero attached hydrogens (tertiary/aromatic N) is 2. The topological polar surface area (TPSA) is 26.5 Å². The molecule has 2 aromatic heterocycles. The van der Waals surface area contributed by atoms with Crippen molar-refractivity contribution in [1.82, 2.24) is 9.38 Å². The van der Waals surface area contributed by atoms with Gasteiger partial charge in [0.05, 0.1) is 18.1 Å². The predicted molar refractivity (Wildman–Crippen MR) is 102 cm³/mol. The maximum atomic E-state index is 5.30. The predicted octanol–water partition coefficient (Wildman–Crippen LogP) is 5.32. The fraction of sp³-hybridized carbons (Fsp3) is 0.0455. The van der Waals surface area contributed by atoms with E-state index in [1.54, 1.807) is 7.11 Å². The quantitative estimate of drug-likeness (QED) is 0.439. The molecule has 0 N–H and O–H groups in total. The number of fused-ring (bicyclic) bond motifs is 5. The molecule has 0 amide bonds. The van der Waals surface area contributed by atoms with Crippen LogP contribution in [0.3, 0.4) is 0 Å². The Balaban J connectivity index is 1.95. The number of hydrogen-bond acceptors (Lipinski definition) is 2. The molecule has 120 valence electrons. The van der Waals surface area contributed by atoms with Gasteiger partial charge in [0, 0.05) is 17.1 Å². The standard InChI is InChI=1S/C22H16N2O/c1-25-17-11-9-15(10-12-17)19-14-16-6-2-3-7-18(16)21-22(19)24-13-5-4-8-20(24)23-21/h2-14H,1H3. The van der Waals surface area contributed by atoms with Crippen molar-refractivity contribution in [1.29, 1.82) is 0 Å². The first-order valence-electron chi connectivity index (χ1n) is 8.28. The van der Waals surface area contributed by atoms with E-state index in [0.29, 0.717) is 0 Å². The van der Waals surface area contributed by atoms with Gasteiger partial charge in [0.2, 0.25) is 0 Å². The highest BCUT2D eigenvalue weighted by Gasteiger charge is 2.14. The van der Waals surface area contributed by atoms with Gasteiger partial charge in [-0.05, 0) is 41.3 Å². The van der Waals surface area contributed by atoms with Gasteiger partial charge >= 0.3 is 0 Å². The summed E-state index contributed by atoms with van der Waals surface area (Å²) in [4.78, 5) is 4.90. The molecule has 3 aromatic carbocycles. The van der Waals surface area contributed by atoms with Gasteiger partial charge < -0.3 is 4.74 Å². The largest absolute Gasteiger partial charge is 0.497 e. The van der Waals surface area contributed by atoms with Gasteiger partial charge in [-0.3, -0.25) is 4.40 Å². The van der Waals surface area contributed by atoms with Gasteiger partial charge in [0.25, 0.3) is 0 Å². The normalized spacial score (nSPS) is 11.4. The summed E-state index contributed by atoms with van der Waals surface area (Å²) < 4.78 is 7.47. The lowest BCUT2D eigenvalue weighted by molar-refractivity contribution is 0.415. The van der Waals surface area contributed by atoms with E-state index < -0.39 is 0 Å². The fourth-order valence-corrected chi connectivity index (χ4v) is 3.49. The summed E-state index contributed by atoms with van der Waals surface area (Å²) >= 11 is 0. The molecule has 2 heterocycles.